The number of hydrogen-bond donors (Lipinski definition) is 0. The second-order valence-electron chi connectivity index (χ2n) is 22.0. The second-order valence-corrected chi connectivity index (χ2v) is 22.0. The zero-order valence-electron chi connectivity index (χ0n) is 52.3. The van der Waals surface area contributed by atoms with Gasteiger partial charge in [-0.25, -0.2) is 0 Å². The topological polar surface area (TPSA) is 78.9 Å². The molecule has 0 rings (SSSR count). The number of unbranched alkanes of at least 4 members (excludes halogenated alkanes) is 29. The fourth-order valence-electron chi connectivity index (χ4n) is 9.18. The third kappa shape index (κ3) is 64.6. The lowest BCUT2D eigenvalue weighted by Crippen LogP contribution is -2.30. The molecule has 0 aromatic heterocycles. The Labute approximate surface area is 494 Å². The third-order valence-electron chi connectivity index (χ3n) is 14.2. The Morgan fingerprint density at radius 3 is 0.825 bits per heavy atom. The minimum Gasteiger partial charge on any atom is -0.462 e. The number of esters is 3. The van der Waals surface area contributed by atoms with Gasteiger partial charge in [-0.1, -0.05) is 290 Å². The zero-order chi connectivity index (χ0) is 57.8. The molecule has 1 atom stereocenters. The molecule has 0 saturated heterocycles. The molecule has 0 N–H and O–H groups in total. The van der Waals surface area contributed by atoms with Crippen LogP contribution >= 0.6 is 0 Å². The van der Waals surface area contributed by atoms with Crippen molar-refractivity contribution in [3.05, 3.63) is 122 Å². The zero-order valence-corrected chi connectivity index (χ0v) is 52.3. The summed E-state index contributed by atoms with van der Waals surface area (Å²) >= 11 is 0. The Kier molecular flexibility index (Phi) is 63.8. The van der Waals surface area contributed by atoms with Crippen molar-refractivity contribution in [2.75, 3.05) is 13.2 Å². The van der Waals surface area contributed by atoms with Gasteiger partial charge in [-0.2, -0.15) is 0 Å². The molecule has 0 radical (unpaired) electrons. The highest BCUT2D eigenvalue weighted by Gasteiger charge is 2.19. The molecule has 0 aromatic rings. The van der Waals surface area contributed by atoms with E-state index in [0.29, 0.717) is 19.3 Å². The van der Waals surface area contributed by atoms with Crippen LogP contribution in [0.1, 0.15) is 310 Å². The first kappa shape index (κ1) is 75.8. The summed E-state index contributed by atoms with van der Waals surface area (Å²) in [6.07, 6.45) is 93.7. The van der Waals surface area contributed by atoms with Crippen molar-refractivity contribution >= 4 is 17.9 Å². The molecule has 0 spiro atoms. The summed E-state index contributed by atoms with van der Waals surface area (Å²) in [6.45, 7) is 6.45. The molecule has 0 aliphatic rings. The fourth-order valence-corrected chi connectivity index (χ4v) is 9.18. The minimum atomic E-state index is -0.826. The van der Waals surface area contributed by atoms with Crippen molar-refractivity contribution in [1.82, 2.24) is 0 Å². The number of rotatable bonds is 60. The largest absolute Gasteiger partial charge is 0.462 e. The summed E-state index contributed by atoms with van der Waals surface area (Å²) in [5, 5.41) is 0. The molecule has 0 aliphatic carbocycles. The average molecular weight is 1110 g/mol. The number of hydrogen-bond acceptors (Lipinski definition) is 6. The smallest absolute Gasteiger partial charge is 0.306 e. The molecule has 6 nitrogen and oxygen atoms in total. The SMILES string of the molecule is CC/C=C\C/C=C\C/C=C\C/C=C\C/C=C\C/C=C\CCC(=O)OC(COC(=O)CCCCCCC/C=C\CCCCCCC)COC(=O)CCCCCCCCCCCCCCCC/C=C\C/C=C\C/C=C\CCCCCCC. The Bertz CT molecular complexity index is 1650. The van der Waals surface area contributed by atoms with Gasteiger partial charge in [-0.05, 0) is 122 Å². The van der Waals surface area contributed by atoms with Crippen LogP contribution in [-0.4, -0.2) is 37.2 Å². The molecular weight excluding hydrogens is 985 g/mol. The predicted molar refractivity (Wildman–Crippen MR) is 348 cm³/mol. The first-order valence-electron chi connectivity index (χ1n) is 33.5. The van der Waals surface area contributed by atoms with Crippen molar-refractivity contribution in [3.63, 3.8) is 0 Å². The Morgan fingerprint density at radius 2 is 0.512 bits per heavy atom. The molecule has 0 bridgehead atoms. The van der Waals surface area contributed by atoms with Crippen LogP contribution in [0.5, 0.6) is 0 Å². The van der Waals surface area contributed by atoms with E-state index in [1.54, 1.807) is 0 Å². The molecule has 0 amide bonds. The monoisotopic (exact) mass is 1110 g/mol. The molecule has 0 fully saturated rings. The van der Waals surface area contributed by atoms with E-state index in [2.05, 4.69) is 136 Å². The highest BCUT2D eigenvalue weighted by molar-refractivity contribution is 5.71. The van der Waals surface area contributed by atoms with Crippen LogP contribution in [0.2, 0.25) is 0 Å². The normalized spacial score (nSPS) is 12.9. The summed E-state index contributed by atoms with van der Waals surface area (Å²) in [4.78, 5) is 38.3. The van der Waals surface area contributed by atoms with E-state index in [1.807, 2.05) is 6.08 Å². The molecule has 0 aliphatic heterocycles. The van der Waals surface area contributed by atoms with Gasteiger partial charge in [0.2, 0.25) is 0 Å². The molecular formula is C74H124O6. The van der Waals surface area contributed by atoms with Gasteiger partial charge < -0.3 is 14.2 Å². The molecule has 0 aromatic carbocycles. The van der Waals surface area contributed by atoms with Crippen molar-refractivity contribution < 1.29 is 28.6 Å². The summed E-state index contributed by atoms with van der Waals surface area (Å²) < 4.78 is 16.9. The maximum atomic E-state index is 12.9. The van der Waals surface area contributed by atoms with Gasteiger partial charge in [0.25, 0.3) is 0 Å². The Morgan fingerprint density at radius 1 is 0.263 bits per heavy atom. The maximum Gasteiger partial charge on any atom is 0.306 e. The highest BCUT2D eigenvalue weighted by Crippen LogP contribution is 2.16. The van der Waals surface area contributed by atoms with Gasteiger partial charge in [0.15, 0.2) is 6.10 Å². The van der Waals surface area contributed by atoms with Crippen molar-refractivity contribution in [2.45, 2.75) is 316 Å². The summed E-state index contributed by atoms with van der Waals surface area (Å²) in [5.41, 5.74) is 0. The van der Waals surface area contributed by atoms with E-state index in [1.165, 1.54) is 161 Å². The van der Waals surface area contributed by atoms with Crippen LogP contribution in [0, 0.1) is 0 Å². The minimum absolute atomic E-state index is 0.112. The number of carbonyl (C=O) groups excluding carboxylic acids is 3. The predicted octanol–water partition coefficient (Wildman–Crippen LogP) is 23.2. The maximum absolute atomic E-state index is 12.9. The summed E-state index contributed by atoms with van der Waals surface area (Å²) in [6, 6.07) is 0. The molecule has 0 heterocycles. The first-order valence-corrected chi connectivity index (χ1v) is 33.5. The van der Waals surface area contributed by atoms with Crippen molar-refractivity contribution in [3.8, 4) is 0 Å². The van der Waals surface area contributed by atoms with Gasteiger partial charge in [-0.3, -0.25) is 14.4 Å². The molecule has 6 heteroatoms. The van der Waals surface area contributed by atoms with Crippen molar-refractivity contribution in [1.29, 1.82) is 0 Å². The van der Waals surface area contributed by atoms with Crippen LogP contribution in [0.3, 0.4) is 0 Å². The number of carbonyl (C=O) groups is 3. The van der Waals surface area contributed by atoms with Gasteiger partial charge >= 0.3 is 17.9 Å². The van der Waals surface area contributed by atoms with Gasteiger partial charge in [0, 0.05) is 19.3 Å². The van der Waals surface area contributed by atoms with Crippen LogP contribution in [0.4, 0.5) is 0 Å². The van der Waals surface area contributed by atoms with Crippen molar-refractivity contribution in [2.24, 2.45) is 0 Å². The summed E-state index contributed by atoms with van der Waals surface area (Å²) in [7, 11) is 0. The van der Waals surface area contributed by atoms with Crippen LogP contribution in [0.25, 0.3) is 0 Å². The molecule has 456 valence electrons. The Balaban J connectivity index is 4.36. The molecule has 1 unspecified atom stereocenters. The second kappa shape index (κ2) is 67.3. The van der Waals surface area contributed by atoms with E-state index in [9.17, 15) is 14.4 Å². The number of allylic oxidation sites excluding steroid dienone is 20. The lowest BCUT2D eigenvalue weighted by Gasteiger charge is -2.18. The lowest BCUT2D eigenvalue weighted by molar-refractivity contribution is -0.166. The number of ether oxygens (including phenoxy) is 3. The lowest BCUT2D eigenvalue weighted by atomic mass is 10.0. The van der Waals surface area contributed by atoms with Crippen LogP contribution < -0.4 is 0 Å². The van der Waals surface area contributed by atoms with E-state index >= 15 is 0 Å². The standard InChI is InChI=1S/C74H124O6/c1-4-7-10-13-16-19-22-25-28-30-32-33-34-35-36-37-38-39-40-41-43-44-46-49-52-55-58-61-64-67-73(76)79-70-71(69-78-72(75)66-63-60-57-54-51-48-27-24-21-18-15-12-9-6-3)80-74(77)68-65-62-59-56-53-50-47-45-42-31-29-26-23-20-17-14-11-8-5-2/h8,11,17,20,22,24-27,29-30,32,34-35,42,45,50,53,59,62,71H,4-7,9-10,12-16,18-19,21,23,28,31,33,36-41,43-44,46-49,51-52,54-58,60-61,63-70H2,1-3H3/b11-8-,20-17-,25-22-,27-24-,29-26-,32-30-,35-34-,45-42-,53-50-,62-59-. The quantitative estimate of drug-likeness (QED) is 0.0261. The van der Waals surface area contributed by atoms with E-state index in [0.717, 1.165) is 103 Å². The fraction of sp³-hybridized carbons (Fsp3) is 0.689. The van der Waals surface area contributed by atoms with Gasteiger partial charge in [0.05, 0.1) is 0 Å². The molecule has 80 heavy (non-hydrogen) atoms. The van der Waals surface area contributed by atoms with Gasteiger partial charge in [-0.15, -0.1) is 0 Å². The van der Waals surface area contributed by atoms with Crippen LogP contribution in [0.15, 0.2) is 122 Å². The van der Waals surface area contributed by atoms with Crippen LogP contribution in [-0.2, 0) is 28.6 Å². The van der Waals surface area contributed by atoms with Gasteiger partial charge in [0.1, 0.15) is 13.2 Å². The van der Waals surface area contributed by atoms with E-state index < -0.39 is 12.1 Å². The third-order valence-corrected chi connectivity index (χ3v) is 14.2. The highest BCUT2D eigenvalue weighted by atomic mass is 16.6. The van der Waals surface area contributed by atoms with E-state index in [4.69, 9.17) is 14.2 Å². The van der Waals surface area contributed by atoms with E-state index in [-0.39, 0.29) is 31.6 Å². The Hall–Kier alpha value is -4.19. The average Bonchev–Trinajstić information content (AvgIpc) is 3.46. The molecule has 0 saturated carbocycles. The first-order chi connectivity index (χ1) is 39.5. The summed E-state index contributed by atoms with van der Waals surface area (Å²) in [5.74, 6) is -1.00.